The van der Waals surface area contributed by atoms with E-state index in [1.165, 1.54) is 0 Å². The summed E-state index contributed by atoms with van der Waals surface area (Å²) in [6.07, 6.45) is 3.58. The Morgan fingerprint density at radius 2 is 1.68 bits per heavy atom. The molecule has 28 heavy (non-hydrogen) atoms. The number of halogens is 1. The van der Waals surface area contributed by atoms with Crippen LogP contribution in [0.15, 0.2) is 67.0 Å². The van der Waals surface area contributed by atoms with E-state index in [9.17, 15) is 9.18 Å². The van der Waals surface area contributed by atoms with E-state index in [4.69, 9.17) is 4.74 Å². The average Bonchev–Trinajstić information content (AvgIpc) is 2.76. The number of rotatable bonds is 4. The smallest absolute Gasteiger partial charge is 0.316 e. The van der Waals surface area contributed by atoms with Crippen molar-refractivity contribution in [1.82, 2.24) is 14.9 Å². The summed E-state index contributed by atoms with van der Waals surface area (Å²) in [6, 6.07) is 17.8. The first kappa shape index (κ1) is 18.1. The zero-order valence-electron chi connectivity index (χ0n) is 15.3. The maximum Gasteiger partial charge on any atom is 0.316 e. The fourth-order valence-corrected chi connectivity index (χ4v) is 3.35. The van der Waals surface area contributed by atoms with E-state index in [1.54, 1.807) is 4.90 Å². The Kier molecular flexibility index (Phi) is 5.28. The molecule has 142 valence electrons. The van der Waals surface area contributed by atoms with Crippen molar-refractivity contribution in [1.29, 1.82) is 0 Å². The molecule has 2 aromatic carbocycles. The van der Waals surface area contributed by atoms with Crippen molar-refractivity contribution in [3.8, 4) is 17.1 Å². The molecule has 1 aromatic heterocycles. The molecule has 1 fully saturated rings. The number of benzene rings is 2. The summed E-state index contributed by atoms with van der Waals surface area (Å²) < 4.78 is 18.6. The van der Waals surface area contributed by atoms with E-state index in [1.807, 2.05) is 54.6 Å². The van der Waals surface area contributed by atoms with Crippen LogP contribution in [0.2, 0.25) is 0 Å². The fourth-order valence-electron chi connectivity index (χ4n) is 3.35. The Hall–Kier alpha value is -3.28. The highest BCUT2D eigenvalue weighted by molar-refractivity contribution is 5.94. The second-order valence-electron chi connectivity index (χ2n) is 6.76. The van der Waals surface area contributed by atoms with E-state index >= 15 is 0 Å². The van der Waals surface area contributed by atoms with Crippen molar-refractivity contribution in [2.45, 2.75) is 18.9 Å². The van der Waals surface area contributed by atoms with E-state index < -0.39 is 5.82 Å². The summed E-state index contributed by atoms with van der Waals surface area (Å²) in [6.45, 7) is 1.14. The molecule has 1 unspecified atom stereocenters. The number of piperidine rings is 1. The zero-order valence-corrected chi connectivity index (χ0v) is 15.3. The number of likely N-dealkylation sites (tertiary alicyclic amines) is 1. The molecule has 0 aliphatic carbocycles. The molecule has 0 radical (unpaired) electrons. The highest BCUT2D eigenvalue weighted by Crippen LogP contribution is 2.21. The van der Waals surface area contributed by atoms with Gasteiger partial charge in [-0.05, 0) is 36.1 Å². The van der Waals surface area contributed by atoms with E-state index in [-0.39, 0.29) is 18.0 Å². The highest BCUT2D eigenvalue weighted by Gasteiger charge is 2.26. The number of carbonyl (C=O) groups is 1. The minimum Gasteiger partial charge on any atom is -0.458 e. The number of amides is 1. The van der Waals surface area contributed by atoms with Crippen LogP contribution in [0.5, 0.6) is 6.01 Å². The van der Waals surface area contributed by atoms with Crippen LogP contribution >= 0.6 is 0 Å². The molecule has 4 rings (SSSR count). The maximum atomic E-state index is 12.9. The minimum atomic E-state index is -0.508. The summed E-state index contributed by atoms with van der Waals surface area (Å²) in [4.78, 5) is 22.3. The molecule has 1 aliphatic rings. The summed E-state index contributed by atoms with van der Waals surface area (Å²) in [5.74, 6) is -0.528. The molecule has 0 spiro atoms. The summed E-state index contributed by atoms with van der Waals surface area (Å²) >= 11 is 0. The summed E-state index contributed by atoms with van der Waals surface area (Å²) in [5.41, 5.74) is 2.84. The number of carbonyl (C=O) groups excluding carboxylic acids is 1. The quantitative estimate of drug-likeness (QED) is 0.690. The van der Waals surface area contributed by atoms with Crippen molar-refractivity contribution in [2.75, 3.05) is 13.1 Å². The Morgan fingerprint density at radius 1 is 1.00 bits per heavy atom. The van der Waals surface area contributed by atoms with E-state index in [2.05, 4.69) is 9.97 Å². The summed E-state index contributed by atoms with van der Waals surface area (Å²) in [5, 5.41) is 0. The number of hydrogen-bond acceptors (Lipinski definition) is 4. The molecule has 0 bridgehead atoms. The monoisotopic (exact) mass is 377 g/mol. The number of nitrogens with zero attached hydrogens (tertiary/aromatic N) is 3. The van der Waals surface area contributed by atoms with Gasteiger partial charge in [-0.25, -0.2) is 14.4 Å². The van der Waals surface area contributed by atoms with Crippen LogP contribution in [-0.2, 0) is 0 Å². The molecular weight excluding hydrogens is 357 g/mol. The number of hydrogen-bond donors (Lipinski definition) is 0. The van der Waals surface area contributed by atoms with Gasteiger partial charge >= 0.3 is 6.01 Å². The van der Waals surface area contributed by atoms with Crippen LogP contribution in [0.3, 0.4) is 0 Å². The number of ether oxygens (including phenoxy) is 1. The third kappa shape index (κ3) is 4.17. The minimum absolute atomic E-state index is 0.0204. The van der Waals surface area contributed by atoms with Crippen molar-refractivity contribution >= 4 is 5.91 Å². The first-order chi connectivity index (χ1) is 13.7. The van der Waals surface area contributed by atoms with Crippen molar-refractivity contribution < 1.29 is 13.9 Å². The molecular formula is C22H20FN3O2. The lowest BCUT2D eigenvalue weighted by Crippen LogP contribution is -2.44. The molecule has 2 heterocycles. The first-order valence-corrected chi connectivity index (χ1v) is 9.28. The van der Waals surface area contributed by atoms with Crippen molar-refractivity contribution in [3.05, 3.63) is 78.4 Å². The van der Waals surface area contributed by atoms with Gasteiger partial charge in [-0.15, -0.1) is 0 Å². The lowest BCUT2D eigenvalue weighted by Gasteiger charge is -2.32. The third-order valence-electron chi connectivity index (χ3n) is 4.77. The largest absolute Gasteiger partial charge is 0.458 e. The van der Waals surface area contributed by atoms with Crippen LogP contribution in [-0.4, -0.2) is 40.0 Å². The lowest BCUT2D eigenvalue weighted by atomic mass is 10.0. The van der Waals surface area contributed by atoms with E-state index in [0.717, 1.165) is 36.4 Å². The molecule has 0 saturated carbocycles. The first-order valence-electron chi connectivity index (χ1n) is 9.28. The van der Waals surface area contributed by atoms with Crippen LogP contribution in [0.25, 0.3) is 11.1 Å². The van der Waals surface area contributed by atoms with Gasteiger partial charge in [0.15, 0.2) is 5.82 Å². The van der Waals surface area contributed by atoms with Gasteiger partial charge in [0.1, 0.15) is 6.10 Å². The Balaban J connectivity index is 1.41. The Labute approximate surface area is 162 Å². The maximum absolute atomic E-state index is 12.9. The lowest BCUT2D eigenvalue weighted by molar-refractivity contribution is 0.0515. The van der Waals surface area contributed by atoms with E-state index in [0.29, 0.717) is 18.7 Å². The Morgan fingerprint density at radius 3 is 2.39 bits per heavy atom. The topological polar surface area (TPSA) is 55.3 Å². The van der Waals surface area contributed by atoms with Crippen molar-refractivity contribution in [3.63, 3.8) is 0 Å². The Bertz CT molecular complexity index is 930. The normalized spacial score (nSPS) is 16.6. The third-order valence-corrected chi connectivity index (χ3v) is 4.77. The van der Waals surface area contributed by atoms with Gasteiger partial charge in [0.2, 0.25) is 0 Å². The van der Waals surface area contributed by atoms with Gasteiger partial charge < -0.3 is 9.64 Å². The predicted molar refractivity (Wildman–Crippen MR) is 103 cm³/mol. The SMILES string of the molecule is O=C(c1ccc(-c2ccccc2)cc1)N1CCCC(Oc2ncc(F)cn2)C1. The molecule has 0 N–H and O–H groups in total. The van der Waals surface area contributed by atoms with Crippen LogP contribution in [0, 0.1) is 5.82 Å². The van der Waals surface area contributed by atoms with Gasteiger partial charge in [-0.2, -0.15) is 0 Å². The van der Waals surface area contributed by atoms with Gasteiger partial charge in [-0.3, -0.25) is 4.79 Å². The van der Waals surface area contributed by atoms with Crippen LogP contribution < -0.4 is 4.74 Å². The molecule has 3 aromatic rings. The van der Waals surface area contributed by atoms with Gasteiger partial charge in [0, 0.05) is 12.1 Å². The summed E-state index contributed by atoms with van der Waals surface area (Å²) in [7, 11) is 0. The molecule has 1 amide bonds. The highest BCUT2D eigenvalue weighted by atomic mass is 19.1. The molecule has 5 nitrogen and oxygen atoms in total. The van der Waals surface area contributed by atoms with Gasteiger partial charge in [0.25, 0.3) is 5.91 Å². The molecule has 1 atom stereocenters. The second kappa shape index (κ2) is 8.17. The second-order valence-corrected chi connectivity index (χ2v) is 6.76. The zero-order chi connectivity index (χ0) is 19.3. The molecule has 1 saturated heterocycles. The van der Waals surface area contributed by atoms with Gasteiger partial charge in [-0.1, -0.05) is 42.5 Å². The van der Waals surface area contributed by atoms with Crippen LogP contribution in [0.4, 0.5) is 4.39 Å². The predicted octanol–water partition coefficient (Wildman–Crippen LogP) is 3.97. The van der Waals surface area contributed by atoms with Crippen LogP contribution in [0.1, 0.15) is 23.2 Å². The standard InChI is InChI=1S/C22H20FN3O2/c23-19-13-24-22(25-14-19)28-20-7-4-12-26(15-20)21(27)18-10-8-17(9-11-18)16-5-2-1-3-6-16/h1-3,5-6,8-11,13-14,20H,4,7,12,15H2. The van der Waals surface area contributed by atoms with Crippen molar-refractivity contribution in [2.24, 2.45) is 0 Å². The molecule has 6 heteroatoms. The number of aromatic nitrogens is 2. The fraction of sp³-hybridized carbons (Fsp3) is 0.227. The van der Waals surface area contributed by atoms with Gasteiger partial charge in [0.05, 0.1) is 18.9 Å². The molecule has 1 aliphatic heterocycles. The average molecular weight is 377 g/mol.